The number of nitrogens with zero attached hydrogens (tertiary/aromatic N) is 1. The summed E-state index contributed by atoms with van der Waals surface area (Å²) < 4.78 is 37.8. The van der Waals surface area contributed by atoms with Crippen LogP contribution in [-0.2, 0) is 14.3 Å². The minimum atomic E-state index is -0.377. The zero-order valence-corrected chi connectivity index (χ0v) is 19.0. The zero-order valence-electron chi connectivity index (χ0n) is 19.0. The van der Waals surface area contributed by atoms with E-state index in [0.29, 0.717) is 19.1 Å². The third-order valence-corrected chi connectivity index (χ3v) is 5.68. The van der Waals surface area contributed by atoms with Gasteiger partial charge in [-0.05, 0) is 74.2 Å². The number of likely N-dealkylation sites (tertiary alicyclic amines) is 1. The van der Waals surface area contributed by atoms with Crippen LogP contribution >= 0.6 is 0 Å². The number of carbonyl (C=O) groups is 1. The number of benzene rings is 2. The SMILES string of the molecule is CCOC(=O)/C=C/C=C/C1CCN(CCOC(c2ccc(F)cc2)c2ccc(F)cc2)CC1. The molecule has 0 saturated carbocycles. The fraction of sp³-hybridized carbons (Fsp3) is 0.370. The molecule has 33 heavy (non-hydrogen) atoms. The Morgan fingerprint density at radius 3 is 2.12 bits per heavy atom. The topological polar surface area (TPSA) is 38.8 Å². The Hall–Kier alpha value is -2.83. The molecule has 0 amide bonds. The van der Waals surface area contributed by atoms with E-state index in [1.54, 1.807) is 37.3 Å². The Bertz CT molecular complexity index is 872. The zero-order chi connectivity index (χ0) is 23.5. The smallest absolute Gasteiger partial charge is 0.330 e. The minimum Gasteiger partial charge on any atom is -0.463 e. The molecule has 6 heteroatoms. The molecule has 0 aliphatic carbocycles. The third kappa shape index (κ3) is 8.22. The molecule has 0 bridgehead atoms. The maximum Gasteiger partial charge on any atom is 0.330 e. The van der Waals surface area contributed by atoms with E-state index in [9.17, 15) is 13.6 Å². The van der Waals surface area contributed by atoms with Gasteiger partial charge in [0.15, 0.2) is 0 Å². The lowest BCUT2D eigenvalue weighted by atomic mass is 9.96. The first-order chi connectivity index (χ1) is 16.0. The van der Waals surface area contributed by atoms with Gasteiger partial charge < -0.3 is 14.4 Å². The maximum atomic E-state index is 13.4. The first-order valence-electron chi connectivity index (χ1n) is 11.4. The first kappa shape index (κ1) is 24.8. The van der Waals surface area contributed by atoms with Crippen LogP contribution in [0.25, 0.3) is 0 Å². The van der Waals surface area contributed by atoms with Crippen LogP contribution in [0.5, 0.6) is 0 Å². The van der Waals surface area contributed by atoms with Gasteiger partial charge in [-0.2, -0.15) is 0 Å². The monoisotopic (exact) mass is 455 g/mol. The molecule has 1 aliphatic heterocycles. The molecule has 1 aliphatic rings. The van der Waals surface area contributed by atoms with Crippen LogP contribution in [0.4, 0.5) is 8.78 Å². The van der Waals surface area contributed by atoms with Crippen LogP contribution in [0.3, 0.4) is 0 Å². The molecule has 1 heterocycles. The Balaban J connectivity index is 1.47. The summed E-state index contributed by atoms with van der Waals surface area (Å²) in [7, 11) is 0. The van der Waals surface area contributed by atoms with Gasteiger partial charge in [0.1, 0.15) is 17.7 Å². The van der Waals surface area contributed by atoms with Gasteiger partial charge in [0.2, 0.25) is 0 Å². The normalized spacial score (nSPS) is 15.6. The van der Waals surface area contributed by atoms with Crippen molar-refractivity contribution < 1.29 is 23.0 Å². The number of piperidine rings is 1. The first-order valence-corrected chi connectivity index (χ1v) is 11.4. The number of carbonyl (C=O) groups excluding carboxylic acids is 1. The highest BCUT2D eigenvalue weighted by Crippen LogP contribution is 2.27. The number of esters is 1. The van der Waals surface area contributed by atoms with Gasteiger partial charge in [-0.15, -0.1) is 0 Å². The van der Waals surface area contributed by atoms with Crippen molar-refractivity contribution in [2.24, 2.45) is 5.92 Å². The molecule has 2 aromatic carbocycles. The highest BCUT2D eigenvalue weighted by atomic mass is 19.1. The Morgan fingerprint density at radius 2 is 1.58 bits per heavy atom. The van der Waals surface area contributed by atoms with Gasteiger partial charge in [-0.1, -0.05) is 42.5 Å². The van der Waals surface area contributed by atoms with E-state index in [4.69, 9.17) is 9.47 Å². The Kier molecular flexibility index (Phi) is 9.78. The summed E-state index contributed by atoms with van der Waals surface area (Å²) in [5.41, 5.74) is 1.67. The summed E-state index contributed by atoms with van der Waals surface area (Å²) >= 11 is 0. The van der Waals surface area contributed by atoms with Gasteiger partial charge in [-0.25, -0.2) is 13.6 Å². The van der Waals surface area contributed by atoms with E-state index in [-0.39, 0.29) is 23.7 Å². The standard InChI is InChI=1S/C27H31F2NO3/c1-2-32-26(31)6-4-3-5-21-15-17-30(18-16-21)19-20-33-27(22-7-11-24(28)12-8-22)23-9-13-25(29)14-10-23/h3-14,21,27H,2,15-20H2,1H3/b5-3+,6-4+. The molecule has 0 N–H and O–H groups in total. The summed E-state index contributed by atoms with van der Waals surface area (Å²) in [6, 6.07) is 12.5. The fourth-order valence-electron chi connectivity index (χ4n) is 3.87. The molecule has 0 spiro atoms. The predicted octanol–water partition coefficient (Wildman–Crippen LogP) is 5.46. The molecule has 176 valence electrons. The van der Waals surface area contributed by atoms with Crippen molar-refractivity contribution in [3.8, 4) is 0 Å². The second-order valence-corrected chi connectivity index (χ2v) is 8.03. The van der Waals surface area contributed by atoms with Crippen LogP contribution < -0.4 is 0 Å². The van der Waals surface area contributed by atoms with Gasteiger partial charge in [-0.3, -0.25) is 0 Å². The van der Waals surface area contributed by atoms with Crippen LogP contribution in [0.1, 0.15) is 37.0 Å². The van der Waals surface area contributed by atoms with Crippen LogP contribution in [0.2, 0.25) is 0 Å². The minimum absolute atomic E-state index is 0.301. The number of ether oxygens (including phenoxy) is 2. The summed E-state index contributed by atoms with van der Waals surface area (Å²) in [6.45, 7) is 5.41. The van der Waals surface area contributed by atoms with Crippen molar-refractivity contribution in [2.45, 2.75) is 25.9 Å². The summed E-state index contributed by atoms with van der Waals surface area (Å²) in [4.78, 5) is 13.7. The Morgan fingerprint density at radius 1 is 1.00 bits per heavy atom. The van der Waals surface area contributed by atoms with Gasteiger partial charge in [0.05, 0.1) is 13.2 Å². The maximum absolute atomic E-state index is 13.4. The van der Waals surface area contributed by atoms with E-state index in [2.05, 4.69) is 11.0 Å². The molecule has 0 radical (unpaired) electrons. The lowest BCUT2D eigenvalue weighted by molar-refractivity contribution is -0.137. The van der Waals surface area contributed by atoms with Crippen LogP contribution in [-0.4, -0.2) is 43.7 Å². The highest BCUT2D eigenvalue weighted by molar-refractivity contribution is 5.82. The number of hydrogen-bond acceptors (Lipinski definition) is 4. The van der Waals surface area contributed by atoms with Gasteiger partial charge in [0.25, 0.3) is 0 Å². The van der Waals surface area contributed by atoms with E-state index in [1.807, 2.05) is 6.08 Å². The predicted molar refractivity (Wildman–Crippen MR) is 125 cm³/mol. The molecule has 3 rings (SSSR count). The average molecular weight is 456 g/mol. The van der Waals surface area contributed by atoms with Crippen LogP contribution in [0.15, 0.2) is 72.8 Å². The third-order valence-electron chi connectivity index (χ3n) is 5.68. The molecule has 1 fully saturated rings. The van der Waals surface area contributed by atoms with Crippen molar-refractivity contribution in [1.82, 2.24) is 4.90 Å². The number of halogens is 2. The largest absolute Gasteiger partial charge is 0.463 e. The van der Waals surface area contributed by atoms with Crippen molar-refractivity contribution in [2.75, 3.05) is 32.8 Å². The van der Waals surface area contributed by atoms with Crippen molar-refractivity contribution in [1.29, 1.82) is 0 Å². The van der Waals surface area contributed by atoms with Gasteiger partial charge >= 0.3 is 5.97 Å². The molecular weight excluding hydrogens is 424 g/mol. The second-order valence-electron chi connectivity index (χ2n) is 8.03. The second kappa shape index (κ2) is 13.0. The molecule has 4 nitrogen and oxygen atoms in total. The van der Waals surface area contributed by atoms with Crippen LogP contribution in [0, 0.1) is 17.6 Å². The molecule has 0 atom stereocenters. The highest BCUT2D eigenvalue weighted by Gasteiger charge is 2.19. The number of allylic oxidation sites excluding steroid dienone is 3. The van der Waals surface area contributed by atoms with Crippen molar-refractivity contribution >= 4 is 5.97 Å². The van der Waals surface area contributed by atoms with Crippen molar-refractivity contribution in [3.05, 3.63) is 95.6 Å². The molecule has 0 aromatic heterocycles. The molecule has 0 unspecified atom stereocenters. The number of hydrogen-bond donors (Lipinski definition) is 0. The molecular formula is C27H31F2NO3. The van der Waals surface area contributed by atoms with Gasteiger partial charge in [0, 0.05) is 12.6 Å². The number of rotatable bonds is 10. The van der Waals surface area contributed by atoms with E-state index < -0.39 is 0 Å². The van der Waals surface area contributed by atoms with Crippen molar-refractivity contribution in [3.63, 3.8) is 0 Å². The fourth-order valence-corrected chi connectivity index (χ4v) is 3.87. The lowest BCUT2D eigenvalue weighted by Crippen LogP contribution is -2.35. The molecule has 2 aromatic rings. The average Bonchev–Trinajstić information content (AvgIpc) is 2.82. The Labute approximate surface area is 194 Å². The summed E-state index contributed by atoms with van der Waals surface area (Å²) in [5.74, 6) is -0.438. The summed E-state index contributed by atoms with van der Waals surface area (Å²) in [6.07, 6.45) is 8.93. The summed E-state index contributed by atoms with van der Waals surface area (Å²) in [5, 5.41) is 0. The lowest BCUT2D eigenvalue weighted by Gasteiger charge is -2.31. The quantitative estimate of drug-likeness (QED) is 0.271. The van der Waals surface area contributed by atoms with E-state index in [1.165, 1.54) is 30.3 Å². The molecule has 1 saturated heterocycles. The van der Waals surface area contributed by atoms with E-state index in [0.717, 1.165) is 43.6 Å². The van der Waals surface area contributed by atoms with E-state index >= 15 is 0 Å².